The van der Waals surface area contributed by atoms with Gasteiger partial charge in [0.2, 0.25) is 0 Å². The third-order valence-corrected chi connectivity index (χ3v) is 4.92. The van der Waals surface area contributed by atoms with Crippen LogP contribution in [0, 0.1) is 0 Å². The number of nitrogens with zero attached hydrogens (tertiary/aromatic N) is 2. The van der Waals surface area contributed by atoms with E-state index in [2.05, 4.69) is 9.88 Å². The standard InChI is InChI=1S/C12H21ClN2O2S2/c1-15(7-8-19(2,16)17)6-4-3-5-12-14-11(9-13)10-18-12/h10H,3-9H2,1-2H3. The molecule has 0 atom stereocenters. The van der Waals surface area contributed by atoms with Crippen molar-refractivity contribution < 1.29 is 8.42 Å². The van der Waals surface area contributed by atoms with Gasteiger partial charge in [0.05, 0.1) is 22.3 Å². The van der Waals surface area contributed by atoms with E-state index in [1.165, 1.54) is 6.26 Å². The summed E-state index contributed by atoms with van der Waals surface area (Å²) in [6, 6.07) is 0. The number of halogens is 1. The van der Waals surface area contributed by atoms with Crippen molar-refractivity contribution in [2.75, 3.05) is 32.1 Å². The minimum absolute atomic E-state index is 0.231. The molecule has 1 rings (SSSR count). The predicted octanol–water partition coefficient (Wildman–Crippen LogP) is 2.18. The van der Waals surface area contributed by atoms with Gasteiger partial charge in [-0.2, -0.15) is 0 Å². The molecule has 0 aliphatic carbocycles. The fourth-order valence-electron chi connectivity index (χ4n) is 1.62. The molecule has 110 valence electrons. The fraction of sp³-hybridized carbons (Fsp3) is 0.750. The highest BCUT2D eigenvalue weighted by Crippen LogP contribution is 2.14. The number of alkyl halides is 1. The lowest BCUT2D eigenvalue weighted by molar-refractivity contribution is 0.344. The lowest BCUT2D eigenvalue weighted by atomic mass is 10.2. The van der Waals surface area contributed by atoms with E-state index in [1.807, 2.05) is 12.4 Å². The summed E-state index contributed by atoms with van der Waals surface area (Å²) in [6.07, 6.45) is 4.37. The third-order valence-electron chi connectivity index (χ3n) is 2.76. The highest BCUT2D eigenvalue weighted by Gasteiger charge is 2.06. The molecule has 0 aliphatic rings. The maximum atomic E-state index is 11.0. The molecule has 7 heteroatoms. The Morgan fingerprint density at radius 1 is 1.37 bits per heavy atom. The van der Waals surface area contributed by atoms with Crippen molar-refractivity contribution in [3.63, 3.8) is 0 Å². The molecule has 0 radical (unpaired) electrons. The second-order valence-electron chi connectivity index (χ2n) is 4.76. The van der Waals surface area contributed by atoms with Crippen LogP contribution < -0.4 is 0 Å². The van der Waals surface area contributed by atoms with Gasteiger partial charge in [-0.3, -0.25) is 0 Å². The molecule has 0 bridgehead atoms. The normalized spacial score (nSPS) is 12.2. The van der Waals surface area contributed by atoms with E-state index in [9.17, 15) is 8.42 Å². The Bertz CT molecular complexity index is 474. The van der Waals surface area contributed by atoms with Gasteiger partial charge < -0.3 is 4.90 Å². The minimum Gasteiger partial charge on any atom is -0.305 e. The summed E-state index contributed by atoms with van der Waals surface area (Å²) in [7, 11) is -0.897. The molecule has 0 aliphatic heterocycles. The summed E-state index contributed by atoms with van der Waals surface area (Å²) in [6.45, 7) is 1.52. The van der Waals surface area contributed by atoms with Crippen molar-refractivity contribution in [1.29, 1.82) is 0 Å². The topological polar surface area (TPSA) is 50.3 Å². The zero-order chi connectivity index (χ0) is 14.3. The summed E-state index contributed by atoms with van der Waals surface area (Å²) < 4.78 is 22.1. The molecule has 0 fully saturated rings. The quantitative estimate of drug-likeness (QED) is 0.516. The lowest BCUT2D eigenvalue weighted by Gasteiger charge is -2.15. The summed E-state index contributed by atoms with van der Waals surface area (Å²) in [5, 5.41) is 3.13. The van der Waals surface area contributed by atoms with Crippen molar-refractivity contribution in [3.8, 4) is 0 Å². The first kappa shape index (κ1) is 16.9. The van der Waals surface area contributed by atoms with Crippen LogP contribution in [0.2, 0.25) is 0 Å². The summed E-state index contributed by atoms with van der Waals surface area (Å²) in [5.74, 6) is 0.708. The molecule has 1 heterocycles. The average molecular weight is 325 g/mol. The van der Waals surface area contributed by atoms with E-state index in [4.69, 9.17) is 11.6 Å². The molecule has 0 N–H and O–H groups in total. The van der Waals surface area contributed by atoms with Crippen molar-refractivity contribution >= 4 is 32.8 Å². The van der Waals surface area contributed by atoms with Gasteiger partial charge in [-0.25, -0.2) is 13.4 Å². The van der Waals surface area contributed by atoms with Gasteiger partial charge in [-0.15, -0.1) is 22.9 Å². The van der Waals surface area contributed by atoms with Crippen LogP contribution in [0.1, 0.15) is 23.5 Å². The van der Waals surface area contributed by atoms with Gasteiger partial charge in [0.1, 0.15) is 9.84 Å². The van der Waals surface area contributed by atoms with Crippen LogP contribution in [-0.2, 0) is 22.1 Å². The molecule has 0 unspecified atom stereocenters. The molecule has 0 amide bonds. The smallest absolute Gasteiger partial charge is 0.148 e. The highest BCUT2D eigenvalue weighted by atomic mass is 35.5. The number of aromatic nitrogens is 1. The molecular formula is C12H21ClN2O2S2. The summed E-state index contributed by atoms with van der Waals surface area (Å²) in [4.78, 5) is 6.47. The van der Waals surface area contributed by atoms with Crippen LogP contribution in [0.4, 0.5) is 0 Å². The lowest BCUT2D eigenvalue weighted by Crippen LogP contribution is -2.26. The number of hydrogen-bond donors (Lipinski definition) is 0. The van der Waals surface area contributed by atoms with Gasteiger partial charge in [-0.1, -0.05) is 0 Å². The number of unbranched alkanes of at least 4 members (excludes halogenated alkanes) is 1. The zero-order valence-electron chi connectivity index (χ0n) is 11.4. The van der Waals surface area contributed by atoms with E-state index in [1.54, 1.807) is 11.3 Å². The first-order valence-electron chi connectivity index (χ1n) is 6.26. The van der Waals surface area contributed by atoms with Crippen molar-refractivity contribution in [3.05, 3.63) is 16.1 Å². The average Bonchev–Trinajstić information content (AvgIpc) is 2.79. The van der Waals surface area contributed by atoms with Crippen LogP contribution in [0.5, 0.6) is 0 Å². The van der Waals surface area contributed by atoms with Crippen LogP contribution in [0.15, 0.2) is 5.38 Å². The Kier molecular flexibility index (Phi) is 7.28. The summed E-state index contributed by atoms with van der Waals surface area (Å²) in [5.41, 5.74) is 0.951. The van der Waals surface area contributed by atoms with Crippen LogP contribution in [0.25, 0.3) is 0 Å². The van der Waals surface area contributed by atoms with Gasteiger partial charge in [0.25, 0.3) is 0 Å². The van der Waals surface area contributed by atoms with E-state index >= 15 is 0 Å². The summed E-state index contributed by atoms with van der Waals surface area (Å²) >= 11 is 7.36. The Morgan fingerprint density at radius 3 is 2.68 bits per heavy atom. The first-order chi connectivity index (χ1) is 8.90. The van der Waals surface area contributed by atoms with E-state index in [-0.39, 0.29) is 5.75 Å². The molecular weight excluding hydrogens is 304 g/mol. The van der Waals surface area contributed by atoms with Crippen molar-refractivity contribution in [2.24, 2.45) is 0 Å². The van der Waals surface area contributed by atoms with E-state index in [0.717, 1.165) is 36.5 Å². The maximum Gasteiger partial charge on any atom is 0.148 e. The van der Waals surface area contributed by atoms with Crippen LogP contribution in [0.3, 0.4) is 0 Å². The molecule has 0 saturated carbocycles. The predicted molar refractivity (Wildman–Crippen MR) is 81.8 cm³/mol. The Balaban J connectivity index is 2.13. The van der Waals surface area contributed by atoms with Gasteiger partial charge in [-0.05, 0) is 32.9 Å². The van der Waals surface area contributed by atoms with E-state index in [0.29, 0.717) is 12.4 Å². The van der Waals surface area contributed by atoms with Crippen molar-refractivity contribution in [1.82, 2.24) is 9.88 Å². The maximum absolute atomic E-state index is 11.0. The van der Waals surface area contributed by atoms with Crippen LogP contribution in [-0.4, -0.2) is 50.4 Å². The number of hydrogen-bond acceptors (Lipinski definition) is 5. The highest BCUT2D eigenvalue weighted by molar-refractivity contribution is 7.90. The largest absolute Gasteiger partial charge is 0.305 e. The molecule has 19 heavy (non-hydrogen) atoms. The fourth-order valence-corrected chi connectivity index (χ4v) is 3.33. The molecule has 1 aromatic heterocycles. The molecule has 1 aromatic rings. The first-order valence-corrected chi connectivity index (χ1v) is 9.73. The molecule has 0 saturated heterocycles. The monoisotopic (exact) mass is 324 g/mol. The second kappa shape index (κ2) is 8.19. The van der Waals surface area contributed by atoms with Crippen LogP contribution >= 0.6 is 22.9 Å². The number of rotatable bonds is 9. The van der Waals surface area contributed by atoms with E-state index < -0.39 is 9.84 Å². The molecule has 0 aromatic carbocycles. The van der Waals surface area contributed by atoms with Crippen molar-refractivity contribution in [2.45, 2.75) is 25.1 Å². The third kappa shape index (κ3) is 7.87. The second-order valence-corrected chi connectivity index (χ2v) is 8.23. The SMILES string of the molecule is CN(CCCCc1nc(CCl)cs1)CCS(C)(=O)=O. The van der Waals surface area contributed by atoms with Gasteiger partial charge >= 0.3 is 0 Å². The number of thiazole rings is 1. The molecule has 4 nitrogen and oxygen atoms in total. The van der Waals surface area contributed by atoms with Gasteiger partial charge in [0.15, 0.2) is 0 Å². The molecule has 0 spiro atoms. The minimum atomic E-state index is -2.86. The Morgan fingerprint density at radius 2 is 2.11 bits per heavy atom. The number of sulfone groups is 1. The zero-order valence-corrected chi connectivity index (χ0v) is 13.8. The Hall–Kier alpha value is -0.170. The Labute approximate surface area is 124 Å². The van der Waals surface area contributed by atoms with Gasteiger partial charge in [0, 0.05) is 18.2 Å². The number of aryl methyl sites for hydroxylation is 1.